The van der Waals surface area contributed by atoms with Crippen molar-refractivity contribution in [3.05, 3.63) is 35.5 Å². The largest absolute Gasteiger partial charge is 0.345 e. The SMILES string of the molecule is Cc1nc(C(C)(C)NC(=O)C2[C@]3(N)CNC[C@]23N)c2cccc(F)c2n1. The van der Waals surface area contributed by atoms with E-state index in [0.29, 0.717) is 30.0 Å². The molecule has 0 spiro atoms. The summed E-state index contributed by atoms with van der Waals surface area (Å²) in [4.78, 5) is 21.6. The number of rotatable bonds is 3. The standard InChI is InChI=1S/C18H23FN6O/c1-9-23-12-10(5-4-6-11(12)19)14(24-9)16(2,3)25-15(26)13-17(20)7-22-8-18(13,17)21/h4-6,13,22H,7-8,20-21H2,1-3H3,(H,25,26)/t13?,17-,18+. The predicted octanol–water partition coefficient (Wildman–Crippen LogP) is 0.0566. The van der Waals surface area contributed by atoms with Crippen LogP contribution in [0.5, 0.6) is 0 Å². The molecule has 1 amide bonds. The Kier molecular flexibility index (Phi) is 3.44. The Morgan fingerprint density at radius 3 is 2.62 bits per heavy atom. The number of carbonyl (C=O) groups is 1. The summed E-state index contributed by atoms with van der Waals surface area (Å²) < 4.78 is 14.2. The number of para-hydroxylation sites is 1. The van der Waals surface area contributed by atoms with Gasteiger partial charge in [-0.3, -0.25) is 4.79 Å². The van der Waals surface area contributed by atoms with Crippen molar-refractivity contribution < 1.29 is 9.18 Å². The number of hydrogen-bond acceptors (Lipinski definition) is 6. The number of piperidine rings is 1. The van der Waals surface area contributed by atoms with Gasteiger partial charge in [0.1, 0.15) is 17.2 Å². The summed E-state index contributed by atoms with van der Waals surface area (Å²) in [5, 5.41) is 6.71. The van der Waals surface area contributed by atoms with Crippen LogP contribution in [0.2, 0.25) is 0 Å². The summed E-state index contributed by atoms with van der Waals surface area (Å²) in [6, 6.07) is 4.73. The van der Waals surface area contributed by atoms with Crippen molar-refractivity contribution in [1.82, 2.24) is 20.6 Å². The number of nitrogens with two attached hydrogens (primary N) is 2. The van der Waals surface area contributed by atoms with Gasteiger partial charge in [-0.15, -0.1) is 0 Å². The molecule has 138 valence electrons. The van der Waals surface area contributed by atoms with Crippen LogP contribution in [-0.2, 0) is 10.3 Å². The van der Waals surface area contributed by atoms with Gasteiger partial charge in [0.2, 0.25) is 5.91 Å². The van der Waals surface area contributed by atoms with Gasteiger partial charge in [-0.25, -0.2) is 14.4 Å². The van der Waals surface area contributed by atoms with Crippen LogP contribution < -0.4 is 22.1 Å². The molecule has 2 fully saturated rings. The molecule has 1 aliphatic heterocycles. The number of aryl methyl sites for hydroxylation is 1. The Bertz CT molecular complexity index is 915. The fourth-order valence-corrected chi connectivity index (χ4v) is 4.27. The van der Waals surface area contributed by atoms with E-state index in [9.17, 15) is 9.18 Å². The number of fused-ring (bicyclic) bond motifs is 2. The zero-order chi connectivity index (χ0) is 18.9. The van der Waals surface area contributed by atoms with E-state index in [-0.39, 0.29) is 11.4 Å². The van der Waals surface area contributed by atoms with Crippen molar-refractivity contribution >= 4 is 16.8 Å². The zero-order valence-electron chi connectivity index (χ0n) is 15.1. The second kappa shape index (κ2) is 5.18. The maximum Gasteiger partial charge on any atom is 0.227 e. The molecule has 1 saturated heterocycles. The van der Waals surface area contributed by atoms with Gasteiger partial charge in [0, 0.05) is 18.5 Å². The van der Waals surface area contributed by atoms with Gasteiger partial charge in [-0.1, -0.05) is 12.1 Å². The van der Waals surface area contributed by atoms with Crippen molar-refractivity contribution in [3.8, 4) is 0 Å². The molecule has 1 unspecified atom stereocenters. The Balaban J connectivity index is 1.69. The number of amides is 1. The van der Waals surface area contributed by atoms with Crippen molar-refractivity contribution in [2.75, 3.05) is 13.1 Å². The molecule has 0 bridgehead atoms. The van der Waals surface area contributed by atoms with Gasteiger partial charge in [-0.2, -0.15) is 0 Å². The highest BCUT2D eigenvalue weighted by Crippen LogP contribution is 2.53. The molecule has 1 saturated carbocycles. The highest BCUT2D eigenvalue weighted by atomic mass is 19.1. The first-order valence-corrected chi connectivity index (χ1v) is 8.64. The van der Waals surface area contributed by atoms with Gasteiger partial charge in [0.15, 0.2) is 0 Å². The van der Waals surface area contributed by atoms with E-state index in [2.05, 4.69) is 20.6 Å². The van der Waals surface area contributed by atoms with Crippen LogP contribution in [0.4, 0.5) is 4.39 Å². The smallest absolute Gasteiger partial charge is 0.227 e. The van der Waals surface area contributed by atoms with Crippen LogP contribution in [-0.4, -0.2) is 40.0 Å². The average Bonchev–Trinajstić information content (AvgIpc) is 2.85. The van der Waals surface area contributed by atoms with E-state index < -0.39 is 28.4 Å². The second-order valence-corrected chi connectivity index (χ2v) is 7.99. The van der Waals surface area contributed by atoms with E-state index >= 15 is 0 Å². The Morgan fingerprint density at radius 2 is 1.96 bits per heavy atom. The van der Waals surface area contributed by atoms with Crippen LogP contribution in [0.3, 0.4) is 0 Å². The molecule has 6 N–H and O–H groups in total. The molecule has 4 rings (SSSR count). The van der Waals surface area contributed by atoms with Crippen molar-refractivity contribution in [1.29, 1.82) is 0 Å². The molecule has 2 aromatic rings. The summed E-state index contributed by atoms with van der Waals surface area (Å²) >= 11 is 0. The number of nitrogens with zero attached hydrogens (tertiary/aromatic N) is 2. The minimum Gasteiger partial charge on any atom is -0.345 e. The third-order valence-electron chi connectivity index (χ3n) is 5.73. The van der Waals surface area contributed by atoms with Gasteiger partial charge < -0.3 is 22.1 Å². The molecule has 1 aliphatic carbocycles. The van der Waals surface area contributed by atoms with Crippen LogP contribution >= 0.6 is 0 Å². The summed E-state index contributed by atoms with van der Waals surface area (Å²) in [5.41, 5.74) is 11.1. The van der Waals surface area contributed by atoms with Crippen molar-refractivity contribution in [2.45, 2.75) is 37.4 Å². The zero-order valence-corrected chi connectivity index (χ0v) is 15.1. The summed E-state index contributed by atoms with van der Waals surface area (Å²) in [7, 11) is 0. The number of hydrogen-bond donors (Lipinski definition) is 4. The molecule has 0 radical (unpaired) electrons. The lowest BCUT2D eigenvalue weighted by Gasteiger charge is -2.28. The first-order chi connectivity index (χ1) is 12.1. The number of carbonyl (C=O) groups excluding carboxylic acids is 1. The Hall–Kier alpha value is -2.16. The normalized spacial score (nSPS) is 30.3. The van der Waals surface area contributed by atoms with Crippen LogP contribution in [0.1, 0.15) is 25.4 Å². The molecule has 2 aliphatic rings. The Labute approximate surface area is 150 Å². The quantitative estimate of drug-likeness (QED) is 0.616. The first kappa shape index (κ1) is 17.3. The maximum atomic E-state index is 14.2. The third-order valence-corrected chi connectivity index (χ3v) is 5.73. The topological polar surface area (TPSA) is 119 Å². The van der Waals surface area contributed by atoms with E-state index in [1.807, 2.05) is 13.8 Å². The lowest BCUT2D eigenvalue weighted by molar-refractivity contribution is -0.124. The number of halogens is 1. The lowest BCUT2D eigenvalue weighted by atomic mass is 9.95. The number of nitrogens with one attached hydrogen (secondary N) is 2. The fourth-order valence-electron chi connectivity index (χ4n) is 4.27. The average molecular weight is 358 g/mol. The highest BCUT2D eigenvalue weighted by molar-refractivity contribution is 5.89. The van der Waals surface area contributed by atoms with Crippen molar-refractivity contribution in [3.63, 3.8) is 0 Å². The van der Waals surface area contributed by atoms with Crippen LogP contribution in [0.15, 0.2) is 18.2 Å². The summed E-state index contributed by atoms with van der Waals surface area (Å²) in [5.74, 6) is -0.636. The monoisotopic (exact) mass is 358 g/mol. The molecule has 1 aromatic carbocycles. The van der Waals surface area contributed by atoms with Gasteiger partial charge >= 0.3 is 0 Å². The molecule has 26 heavy (non-hydrogen) atoms. The van der Waals surface area contributed by atoms with Crippen molar-refractivity contribution in [2.24, 2.45) is 17.4 Å². The second-order valence-electron chi connectivity index (χ2n) is 7.99. The minimum atomic E-state index is -0.839. The fraction of sp³-hybridized carbons (Fsp3) is 0.500. The number of benzene rings is 1. The molecule has 7 nitrogen and oxygen atoms in total. The van der Waals surface area contributed by atoms with E-state index in [1.165, 1.54) is 6.07 Å². The molecular formula is C18H23FN6O. The molecule has 8 heteroatoms. The van der Waals surface area contributed by atoms with E-state index in [0.717, 1.165) is 0 Å². The van der Waals surface area contributed by atoms with Gasteiger partial charge in [0.05, 0.1) is 28.2 Å². The van der Waals surface area contributed by atoms with Gasteiger partial charge in [-0.05, 0) is 26.8 Å². The first-order valence-electron chi connectivity index (χ1n) is 8.64. The van der Waals surface area contributed by atoms with Gasteiger partial charge in [0.25, 0.3) is 0 Å². The molecule has 2 heterocycles. The predicted molar refractivity (Wildman–Crippen MR) is 95.6 cm³/mol. The summed E-state index contributed by atoms with van der Waals surface area (Å²) in [6.07, 6.45) is 0. The molecule has 1 aromatic heterocycles. The highest BCUT2D eigenvalue weighted by Gasteiger charge is 2.78. The summed E-state index contributed by atoms with van der Waals surface area (Å²) in [6.45, 7) is 6.40. The van der Waals surface area contributed by atoms with E-state index in [1.54, 1.807) is 19.1 Å². The Morgan fingerprint density at radius 1 is 1.31 bits per heavy atom. The lowest BCUT2D eigenvalue weighted by Crippen LogP contribution is -2.47. The molecular weight excluding hydrogens is 335 g/mol. The maximum absolute atomic E-state index is 14.2. The number of aromatic nitrogens is 2. The van der Waals surface area contributed by atoms with E-state index in [4.69, 9.17) is 11.5 Å². The van der Waals surface area contributed by atoms with Crippen LogP contribution in [0.25, 0.3) is 10.9 Å². The minimum absolute atomic E-state index is 0.206. The molecule has 3 atom stereocenters. The third kappa shape index (κ3) is 2.19. The van der Waals surface area contributed by atoms with Crippen LogP contribution in [0, 0.1) is 18.7 Å².